The lowest BCUT2D eigenvalue weighted by Gasteiger charge is -2.38. The van der Waals surface area contributed by atoms with Crippen molar-refractivity contribution in [3.8, 4) is 0 Å². The first kappa shape index (κ1) is 26.4. The quantitative estimate of drug-likeness (QED) is 0.208. The highest BCUT2D eigenvalue weighted by Gasteiger charge is 2.48. The number of hydrogen-bond donors (Lipinski definition) is 1. The summed E-state index contributed by atoms with van der Waals surface area (Å²) < 4.78 is 15.2. The van der Waals surface area contributed by atoms with E-state index in [9.17, 15) is 14.7 Å². The van der Waals surface area contributed by atoms with E-state index in [1.54, 1.807) is 54.6 Å². The number of carbonyl (C=O) groups excluding carboxylic acids is 2. The second kappa shape index (κ2) is 11.3. The van der Waals surface area contributed by atoms with Gasteiger partial charge in [-0.2, -0.15) is 0 Å². The Morgan fingerprint density at radius 2 is 1.50 bits per heavy atom. The number of ketones is 1. The molecule has 38 heavy (non-hydrogen) atoms. The summed E-state index contributed by atoms with van der Waals surface area (Å²) in [5.41, 5.74) is 1.27. The van der Waals surface area contributed by atoms with Crippen LogP contribution in [0.25, 0.3) is 5.76 Å². The third-order valence-corrected chi connectivity index (χ3v) is 7.82. The summed E-state index contributed by atoms with van der Waals surface area (Å²) in [6, 6.07) is 18.4. The van der Waals surface area contributed by atoms with Crippen molar-refractivity contribution in [2.75, 3.05) is 19.6 Å². The topological polar surface area (TPSA) is 60.9 Å². The molecule has 0 bridgehead atoms. The van der Waals surface area contributed by atoms with Crippen LogP contribution in [-0.4, -0.2) is 46.2 Å². The lowest BCUT2D eigenvalue weighted by molar-refractivity contribution is -0.140. The lowest BCUT2D eigenvalue weighted by Crippen LogP contribution is -2.42. The molecule has 2 unspecified atom stereocenters. The molecule has 1 amide bonds. The molecule has 3 aromatic carbocycles. The maximum atomic E-state index is 15.2. The van der Waals surface area contributed by atoms with Gasteiger partial charge in [0.1, 0.15) is 11.6 Å². The molecule has 5 rings (SSSR count). The van der Waals surface area contributed by atoms with Crippen LogP contribution in [0, 0.1) is 5.82 Å². The Kier molecular flexibility index (Phi) is 7.84. The van der Waals surface area contributed by atoms with Gasteiger partial charge in [0.25, 0.3) is 11.7 Å². The van der Waals surface area contributed by atoms with Crippen LogP contribution in [0.15, 0.2) is 78.4 Å². The Balaban J connectivity index is 1.62. The fourth-order valence-corrected chi connectivity index (χ4v) is 5.64. The molecule has 8 heteroatoms. The second-order valence-corrected chi connectivity index (χ2v) is 10.5. The largest absolute Gasteiger partial charge is 0.507 e. The molecule has 3 aromatic rings. The van der Waals surface area contributed by atoms with Gasteiger partial charge in [-0.15, -0.1) is 0 Å². The maximum Gasteiger partial charge on any atom is 0.295 e. The zero-order valence-electron chi connectivity index (χ0n) is 20.6. The molecule has 0 spiro atoms. The van der Waals surface area contributed by atoms with E-state index in [0.29, 0.717) is 15.6 Å². The summed E-state index contributed by atoms with van der Waals surface area (Å²) in [5, 5.41) is 12.3. The minimum Gasteiger partial charge on any atom is -0.507 e. The predicted octanol–water partition coefficient (Wildman–Crippen LogP) is 6.78. The van der Waals surface area contributed by atoms with Crippen molar-refractivity contribution in [1.82, 2.24) is 9.80 Å². The van der Waals surface area contributed by atoms with Gasteiger partial charge in [-0.3, -0.25) is 14.5 Å². The van der Waals surface area contributed by atoms with Crippen LogP contribution in [0.3, 0.4) is 0 Å². The number of rotatable bonds is 6. The average Bonchev–Trinajstić information content (AvgIpc) is 3.18. The first-order valence-electron chi connectivity index (χ1n) is 12.6. The summed E-state index contributed by atoms with van der Waals surface area (Å²) in [6.45, 7) is 1.82. The highest BCUT2D eigenvalue weighted by Crippen LogP contribution is 2.42. The van der Waals surface area contributed by atoms with E-state index < -0.39 is 23.5 Å². The number of hydrogen-bond acceptors (Lipinski definition) is 4. The molecule has 0 saturated carbocycles. The van der Waals surface area contributed by atoms with Gasteiger partial charge < -0.3 is 10.0 Å². The van der Waals surface area contributed by atoms with Crippen LogP contribution >= 0.6 is 23.2 Å². The predicted molar refractivity (Wildman–Crippen MR) is 146 cm³/mol. The number of carbonyl (C=O) groups is 2. The number of nitrogens with zero attached hydrogens (tertiary/aromatic N) is 2. The number of amides is 1. The van der Waals surface area contributed by atoms with Gasteiger partial charge in [-0.05, 0) is 74.0 Å². The van der Waals surface area contributed by atoms with Crippen molar-refractivity contribution in [1.29, 1.82) is 0 Å². The molecule has 1 N–H and O–H groups in total. The fraction of sp³-hybridized carbons (Fsp3) is 0.267. The average molecular weight is 553 g/mol. The monoisotopic (exact) mass is 552 g/mol. The van der Waals surface area contributed by atoms with Crippen molar-refractivity contribution < 1.29 is 19.1 Å². The minimum atomic E-state index is -1.09. The zero-order valence-corrected chi connectivity index (χ0v) is 22.1. The Morgan fingerprint density at radius 3 is 2.13 bits per heavy atom. The van der Waals surface area contributed by atoms with Crippen molar-refractivity contribution in [2.45, 2.75) is 31.3 Å². The van der Waals surface area contributed by atoms with E-state index in [-0.39, 0.29) is 29.5 Å². The Labute approximate surface area is 231 Å². The molecule has 0 radical (unpaired) electrons. The van der Waals surface area contributed by atoms with Gasteiger partial charge in [0.05, 0.1) is 17.7 Å². The third-order valence-electron chi connectivity index (χ3n) is 7.31. The standard InChI is InChI=1S/C30H27Cl2FN2O3/c31-21-12-8-19(9-13-21)25(34-16-4-1-5-17-34)18-35-27(23-6-2-3-7-24(23)33)26(29(37)30(35)38)28(36)20-10-14-22(32)15-11-20/h2-3,6-15,25,27,36H,1,4-5,16-18H2/b28-26+. The van der Waals surface area contributed by atoms with Gasteiger partial charge >= 0.3 is 0 Å². The van der Waals surface area contributed by atoms with Gasteiger partial charge in [-0.1, -0.05) is 60.0 Å². The molecular formula is C30H27Cl2FN2O3. The van der Waals surface area contributed by atoms with Crippen molar-refractivity contribution >= 4 is 40.7 Å². The molecule has 2 aliphatic heterocycles. The molecule has 2 fully saturated rings. The molecular weight excluding hydrogens is 526 g/mol. The van der Waals surface area contributed by atoms with E-state index in [0.717, 1.165) is 37.9 Å². The second-order valence-electron chi connectivity index (χ2n) is 9.64. The van der Waals surface area contributed by atoms with Gasteiger partial charge in [0.15, 0.2) is 0 Å². The van der Waals surface area contributed by atoms with Gasteiger partial charge in [0.2, 0.25) is 0 Å². The highest BCUT2D eigenvalue weighted by molar-refractivity contribution is 6.46. The van der Waals surface area contributed by atoms with Crippen molar-refractivity contribution in [2.24, 2.45) is 0 Å². The van der Waals surface area contributed by atoms with Crippen LogP contribution in [0.5, 0.6) is 0 Å². The summed E-state index contributed by atoms with van der Waals surface area (Å²) in [5.74, 6) is -2.55. The molecule has 0 aliphatic carbocycles. The van der Waals surface area contributed by atoms with Crippen LogP contribution in [0.2, 0.25) is 10.0 Å². The molecule has 0 aromatic heterocycles. The summed E-state index contributed by atoms with van der Waals surface area (Å²) in [7, 11) is 0. The Morgan fingerprint density at radius 1 is 0.895 bits per heavy atom. The number of likely N-dealkylation sites (tertiary alicyclic amines) is 2. The summed E-state index contributed by atoms with van der Waals surface area (Å²) in [6.07, 6.45) is 3.18. The number of Topliss-reactive ketones (excluding diaryl/α,β-unsaturated/α-hetero) is 1. The minimum absolute atomic E-state index is 0.141. The summed E-state index contributed by atoms with van der Waals surface area (Å²) >= 11 is 12.2. The molecule has 2 aliphatic rings. The maximum absolute atomic E-state index is 15.2. The SMILES string of the molecule is O=C1C(=O)N(CC(c2ccc(Cl)cc2)N2CCCCC2)C(c2ccccc2F)/C1=C(\O)c1ccc(Cl)cc1. The Hall–Kier alpha value is -3.19. The smallest absolute Gasteiger partial charge is 0.295 e. The first-order chi connectivity index (χ1) is 18.3. The molecule has 5 nitrogen and oxygen atoms in total. The van der Waals surface area contributed by atoms with Crippen LogP contribution in [0.1, 0.15) is 48.0 Å². The zero-order chi connectivity index (χ0) is 26.8. The van der Waals surface area contributed by atoms with E-state index >= 15 is 4.39 Å². The Bertz CT molecular complexity index is 1370. The molecule has 2 atom stereocenters. The molecule has 2 heterocycles. The number of aliphatic hydroxyl groups is 1. The van der Waals surface area contributed by atoms with Crippen molar-refractivity contribution in [3.05, 3.63) is 111 Å². The van der Waals surface area contributed by atoms with Crippen molar-refractivity contribution in [3.63, 3.8) is 0 Å². The molecule has 2 saturated heterocycles. The summed E-state index contributed by atoms with van der Waals surface area (Å²) in [4.78, 5) is 30.7. The van der Waals surface area contributed by atoms with Crippen LogP contribution < -0.4 is 0 Å². The van der Waals surface area contributed by atoms with E-state index in [1.165, 1.54) is 11.0 Å². The number of aliphatic hydroxyl groups excluding tert-OH is 1. The number of piperidine rings is 1. The molecule has 196 valence electrons. The number of benzene rings is 3. The highest BCUT2D eigenvalue weighted by atomic mass is 35.5. The van der Waals surface area contributed by atoms with Gasteiger partial charge in [-0.25, -0.2) is 4.39 Å². The number of halogens is 3. The van der Waals surface area contributed by atoms with Gasteiger partial charge in [0, 0.05) is 27.7 Å². The van der Waals surface area contributed by atoms with E-state index in [2.05, 4.69) is 4.90 Å². The van der Waals surface area contributed by atoms with Crippen LogP contribution in [0.4, 0.5) is 4.39 Å². The van der Waals surface area contributed by atoms with Crippen LogP contribution in [-0.2, 0) is 9.59 Å². The third kappa shape index (κ3) is 5.21. The fourth-order valence-electron chi connectivity index (χ4n) is 5.38. The lowest BCUT2D eigenvalue weighted by atomic mass is 9.94. The normalized spacial score (nSPS) is 20.6. The van der Waals surface area contributed by atoms with E-state index in [4.69, 9.17) is 23.2 Å². The van der Waals surface area contributed by atoms with E-state index in [1.807, 2.05) is 12.1 Å². The first-order valence-corrected chi connectivity index (χ1v) is 13.4.